The first-order valence-electron chi connectivity index (χ1n) is 3.71. The minimum Gasteiger partial charge on any atom is -0.230 e. The van der Waals surface area contributed by atoms with Gasteiger partial charge in [-0.05, 0) is 5.56 Å². The topological polar surface area (TPSA) is 89.5 Å². The molecule has 0 fully saturated rings. The fourth-order valence-electron chi connectivity index (χ4n) is 0.922. The van der Waals surface area contributed by atoms with Gasteiger partial charge in [0, 0.05) is 0 Å². The van der Waals surface area contributed by atoms with E-state index in [1.807, 2.05) is 0 Å². The van der Waals surface area contributed by atoms with Gasteiger partial charge in [0.25, 0.3) is 0 Å². The zero-order valence-electron chi connectivity index (χ0n) is 7.07. The first-order valence-corrected chi connectivity index (χ1v) is 3.71. The Morgan fingerprint density at radius 2 is 1.57 bits per heavy atom. The van der Waals surface area contributed by atoms with Crippen LogP contribution in [0.15, 0.2) is 30.3 Å². The number of nitro groups is 2. The molecule has 0 bridgehead atoms. The minimum absolute atomic E-state index is 0.0602. The minimum atomic E-state index is -1.05. The van der Waals surface area contributed by atoms with E-state index in [-0.39, 0.29) is 11.7 Å². The van der Waals surface area contributed by atoms with Gasteiger partial charge in [-0.1, -0.05) is 30.3 Å². The molecule has 0 radical (unpaired) electrons. The molecule has 1 aromatic carbocycles. The van der Waals surface area contributed by atoms with Gasteiger partial charge in [-0.2, -0.15) is 0 Å². The van der Waals surface area contributed by atoms with Crippen LogP contribution in [0.5, 0.6) is 0 Å². The third-order valence-corrected chi connectivity index (χ3v) is 1.54. The first-order chi connectivity index (χ1) is 6.61. The molecule has 14 heavy (non-hydrogen) atoms. The number of hydrogen-bond donors (Lipinski definition) is 0. The predicted molar refractivity (Wildman–Crippen MR) is 46.0 cm³/mol. The molecular formula is C7H7N3O4. The van der Waals surface area contributed by atoms with E-state index in [2.05, 4.69) is 0 Å². The number of nitrogens with zero attached hydrogens (tertiary/aromatic N) is 3. The second kappa shape index (κ2) is 4.17. The zero-order chi connectivity index (χ0) is 10.6. The van der Waals surface area contributed by atoms with Crippen molar-refractivity contribution in [3.8, 4) is 0 Å². The number of rotatable bonds is 4. The van der Waals surface area contributed by atoms with E-state index in [1.54, 1.807) is 30.3 Å². The van der Waals surface area contributed by atoms with Crippen LogP contribution in [0.25, 0.3) is 0 Å². The lowest BCUT2D eigenvalue weighted by Crippen LogP contribution is -2.34. The summed E-state index contributed by atoms with van der Waals surface area (Å²) in [5, 5.41) is 18.3. The van der Waals surface area contributed by atoms with Gasteiger partial charge in [0.05, 0.1) is 0 Å². The van der Waals surface area contributed by atoms with E-state index < -0.39 is 10.1 Å². The van der Waals surface area contributed by atoms with E-state index in [0.717, 1.165) is 0 Å². The van der Waals surface area contributed by atoms with Crippen molar-refractivity contribution in [3.63, 3.8) is 0 Å². The van der Waals surface area contributed by atoms with E-state index in [0.29, 0.717) is 5.56 Å². The Morgan fingerprint density at radius 3 is 2.00 bits per heavy atom. The molecule has 0 saturated carbocycles. The molecule has 0 aromatic heterocycles. The summed E-state index contributed by atoms with van der Waals surface area (Å²) in [5.74, 6) is 0. The van der Waals surface area contributed by atoms with Crippen molar-refractivity contribution in [2.45, 2.75) is 6.54 Å². The molecule has 0 aliphatic rings. The van der Waals surface area contributed by atoms with Crippen molar-refractivity contribution in [2.75, 3.05) is 0 Å². The van der Waals surface area contributed by atoms with Gasteiger partial charge in [0.2, 0.25) is 10.1 Å². The maximum atomic E-state index is 10.2. The molecular weight excluding hydrogens is 190 g/mol. The van der Waals surface area contributed by atoms with Crippen LogP contribution >= 0.6 is 0 Å². The molecule has 1 rings (SSSR count). The van der Waals surface area contributed by atoms with Gasteiger partial charge < -0.3 is 0 Å². The Morgan fingerprint density at radius 1 is 1.07 bits per heavy atom. The fourth-order valence-corrected chi connectivity index (χ4v) is 0.922. The van der Waals surface area contributed by atoms with Gasteiger partial charge >= 0.3 is 0 Å². The van der Waals surface area contributed by atoms with Crippen LogP contribution in [-0.2, 0) is 6.54 Å². The average molecular weight is 197 g/mol. The third kappa shape index (κ3) is 2.41. The molecule has 0 saturated heterocycles. The summed E-state index contributed by atoms with van der Waals surface area (Å²) in [6.45, 7) is -0.346. The number of benzene rings is 1. The van der Waals surface area contributed by atoms with Crippen LogP contribution in [0.4, 0.5) is 0 Å². The monoisotopic (exact) mass is 197 g/mol. The van der Waals surface area contributed by atoms with Crippen LogP contribution in [0.3, 0.4) is 0 Å². The molecule has 0 aliphatic heterocycles. The summed E-state index contributed by atoms with van der Waals surface area (Å²) in [7, 11) is 0. The Bertz CT molecular complexity index is 326. The molecule has 74 valence electrons. The highest BCUT2D eigenvalue weighted by molar-refractivity contribution is 5.13. The molecule has 1 aromatic rings. The standard InChI is InChI=1S/C7H7N3O4/c11-9(12)8(10(13)14)6-7-4-2-1-3-5-7/h1-5H,6H2. The van der Waals surface area contributed by atoms with Gasteiger partial charge in [-0.15, -0.1) is 0 Å². The van der Waals surface area contributed by atoms with E-state index in [1.165, 1.54) is 0 Å². The lowest BCUT2D eigenvalue weighted by molar-refractivity contribution is -0.911. The second-order valence-electron chi connectivity index (χ2n) is 2.49. The highest BCUT2D eigenvalue weighted by atomic mass is 16.8. The van der Waals surface area contributed by atoms with Crippen molar-refractivity contribution in [1.29, 1.82) is 0 Å². The fraction of sp³-hybridized carbons (Fsp3) is 0.143. The van der Waals surface area contributed by atoms with E-state index in [9.17, 15) is 20.2 Å². The zero-order valence-corrected chi connectivity index (χ0v) is 7.07. The van der Waals surface area contributed by atoms with Gasteiger partial charge in [-0.25, -0.2) is 20.2 Å². The van der Waals surface area contributed by atoms with Crippen LogP contribution in [0, 0.1) is 20.2 Å². The van der Waals surface area contributed by atoms with Crippen molar-refractivity contribution < 1.29 is 10.1 Å². The van der Waals surface area contributed by atoms with Crippen molar-refractivity contribution in [1.82, 2.24) is 5.12 Å². The molecule has 0 aliphatic carbocycles. The first kappa shape index (κ1) is 9.90. The Labute approximate surface area is 78.8 Å². The summed E-state index contributed by atoms with van der Waals surface area (Å²) in [4.78, 5) is 20.5. The highest BCUT2D eigenvalue weighted by Gasteiger charge is 2.26. The van der Waals surface area contributed by atoms with Crippen LogP contribution in [0.2, 0.25) is 0 Å². The van der Waals surface area contributed by atoms with Gasteiger partial charge in [0.1, 0.15) is 0 Å². The van der Waals surface area contributed by atoms with Crippen LogP contribution in [0.1, 0.15) is 5.56 Å². The molecule has 0 N–H and O–H groups in total. The molecule has 0 spiro atoms. The van der Waals surface area contributed by atoms with Crippen molar-refractivity contribution in [2.24, 2.45) is 0 Å². The highest BCUT2D eigenvalue weighted by Crippen LogP contribution is 2.03. The quantitative estimate of drug-likeness (QED) is 0.527. The van der Waals surface area contributed by atoms with Crippen molar-refractivity contribution >= 4 is 0 Å². The normalized spacial score (nSPS) is 9.43. The van der Waals surface area contributed by atoms with E-state index in [4.69, 9.17) is 0 Å². The molecule has 7 nitrogen and oxygen atoms in total. The predicted octanol–water partition coefficient (Wildman–Crippen LogP) is 0.872. The van der Waals surface area contributed by atoms with Gasteiger partial charge in [-0.3, -0.25) is 0 Å². The number of hydrogen-bond acceptors (Lipinski definition) is 4. The Hall–Kier alpha value is -2.18. The Balaban J connectivity index is 2.75. The van der Waals surface area contributed by atoms with E-state index >= 15 is 0 Å². The molecule has 0 unspecified atom stereocenters. The van der Waals surface area contributed by atoms with Gasteiger partial charge in [0.15, 0.2) is 11.7 Å². The largest absolute Gasteiger partial charge is 0.230 e. The average Bonchev–Trinajstić information content (AvgIpc) is 2.15. The molecule has 0 heterocycles. The van der Waals surface area contributed by atoms with Crippen LogP contribution < -0.4 is 0 Å². The Kier molecular flexibility index (Phi) is 2.95. The second-order valence-corrected chi connectivity index (χ2v) is 2.49. The SMILES string of the molecule is O=[N+]([O-])N(Cc1ccccc1)[N+](=O)[O-]. The molecule has 0 amide bonds. The van der Waals surface area contributed by atoms with Crippen LogP contribution in [-0.4, -0.2) is 15.2 Å². The molecule has 0 atom stereocenters. The summed E-state index contributed by atoms with van der Waals surface area (Å²) in [6, 6.07) is 8.22. The summed E-state index contributed by atoms with van der Waals surface area (Å²) < 4.78 is 0. The third-order valence-electron chi connectivity index (χ3n) is 1.54. The summed E-state index contributed by atoms with van der Waals surface area (Å²) >= 11 is 0. The van der Waals surface area contributed by atoms with Crippen molar-refractivity contribution in [3.05, 3.63) is 56.1 Å². The smallest absolute Gasteiger partial charge is 0.223 e. The molecule has 7 heteroatoms. The maximum Gasteiger partial charge on any atom is 0.223 e. The lowest BCUT2D eigenvalue weighted by atomic mass is 10.2. The number of hydrazine groups is 2. The summed E-state index contributed by atoms with van der Waals surface area (Å²) in [6.07, 6.45) is 0. The lowest BCUT2D eigenvalue weighted by Gasteiger charge is -2.02. The maximum absolute atomic E-state index is 10.2. The summed E-state index contributed by atoms with van der Waals surface area (Å²) in [5.41, 5.74) is 0.515.